The maximum atomic E-state index is 13.9. The van der Waals surface area contributed by atoms with E-state index in [2.05, 4.69) is 12.2 Å². The summed E-state index contributed by atoms with van der Waals surface area (Å²) in [4.78, 5) is 15.2. The fourth-order valence-corrected chi connectivity index (χ4v) is 4.85. The molecule has 126 valence electrons. The Labute approximate surface area is 142 Å². The van der Waals surface area contributed by atoms with E-state index >= 15 is 0 Å². The highest BCUT2D eigenvalue weighted by Crippen LogP contribution is 2.38. The molecule has 1 aromatic rings. The van der Waals surface area contributed by atoms with Crippen molar-refractivity contribution in [3.8, 4) is 0 Å². The molecule has 1 saturated carbocycles. The largest absolute Gasteiger partial charge is 0.331 e. The van der Waals surface area contributed by atoms with Gasteiger partial charge < -0.3 is 10.2 Å². The number of nitrogens with one attached hydrogen (secondary N) is 1. The third kappa shape index (κ3) is 3.65. The third-order valence-corrected chi connectivity index (χ3v) is 6.26. The van der Waals surface area contributed by atoms with E-state index in [1.54, 1.807) is 17.8 Å². The van der Waals surface area contributed by atoms with Gasteiger partial charge in [-0.2, -0.15) is 0 Å². The van der Waals surface area contributed by atoms with Crippen LogP contribution in [0.25, 0.3) is 0 Å². The van der Waals surface area contributed by atoms with Gasteiger partial charge >= 0.3 is 6.03 Å². The van der Waals surface area contributed by atoms with Crippen molar-refractivity contribution in [3.05, 3.63) is 29.6 Å². The van der Waals surface area contributed by atoms with Crippen molar-refractivity contribution < 1.29 is 9.18 Å². The molecule has 3 unspecified atom stereocenters. The van der Waals surface area contributed by atoms with Crippen LogP contribution in [0.15, 0.2) is 23.1 Å². The summed E-state index contributed by atoms with van der Waals surface area (Å²) >= 11 is 1.54. The minimum atomic E-state index is -0.180. The Kier molecular flexibility index (Phi) is 5.14. The third-order valence-electron chi connectivity index (χ3n) is 5.10. The summed E-state index contributed by atoms with van der Waals surface area (Å²) in [5.74, 6) is 1.34. The average Bonchev–Trinajstić information content (AvgIpc) is 2.55. The first-order valence-corrected chi connectivity index (χ1v) is 9.49. The van der Waals surface area contributed by atoms with Gasteiger partial charge in [0.05, 0.1) is 6.04 Å². The maximum Gasteiger partial charge on any atom is 0.317 e. The first-order valence-electron chi connectivity index (χ1n) is 8.50. The Hall–Kier alpha value is -1.23. The highest BCUT2D eigenvalue weighted by molar-refractivity contribution is 7.99. The molecule has 0 aromatic heterocycles. The fourth-order valence-electron chi connectivity index (χ4n) is 3.71. The van der Waals surface area contributed by atoms with Gasteiger partial charge in [-0.05, 0) is 36.8 Å². The molecule has 0 bridgehead atoms. The van der Waals surface area contributed by atoms with Gasteiger partial charge in [-0.15, -0.1) is 11.8 Å². The number of hydrogen-bond donors (Lipinski definition) is 1. The van der Waals surface area contributed by atoms with Gasteiger partial charge in [-0.3, -0.25) is 0 Å². The highest BCUT2D eigenvalue weighted by Gasteiger charge is 2.29. The van der Waals surface area contributed by atoms with Gasteiger partial charge in [0.2, 0.25) is 0 Å². The van der Waals surface area contributed by atoms with Crippen LogP contribution in [0, 0.1) is 11.7 Å². The Morgan fingerprint density at radius 3 is 2.96 bits per heavy atom. The number of nitrogens with zero attached hydrogens (tertiary/aromatic N) is 1. The molecule has 2 amide bonds. The average molecular weight is 336 g/mol. The van der Waals surface area contributed by atoms with E-state index in [4.69, 9.17) is 0 Å². The lowest BCUT2D eigenvalue weighted by molar-refractivity contribution is 0.157. The Morgan fingerprint density at radius 2 is 2.17 bits per heavy atom. The lowest BCUT2D eigenvalue weighted by Gasteiger charge is -2.35. The molecular formula is C18H25FN2OS. The smallest absolute Gasteiger partial charge is 0.317 e. The molecule has 1 heterocycles. The van der Waals surface area contributed by atoms with E-state index in [1.165, 1.54) is 18.9 Å². The van der Waals surface area contributed by atoms with Crippen LogP contribution < -0.4 is 5.32 Å². The van der Waals surface area contributed by atoms with Crippen molar-refractivity contribution >= 4 is 17.8 Å². The minimum absolute atomic E-state index is 0.0313. The molecule has 5 heteroatoms. The summed E-state index contributed by atoms with van der Waals surface area (Å²) in [5.41, 5.74) is 0.917. The molecule has 1 fully saturated rings. The predicted molar refractivity (Wildman–Crippen MR) is 92.2 cm³/mol. The molecule has 0 radical (unpaired) electrons. The fraction of sp³-hybridized carbons (Fsp3) is 0.611. The number of rotatable bonds is 2. The van der Waals surface area contributed by atoms with Gasteiger partial charge in [-0.25, -0.2) is 9.18 Å². The predicted octanol–water partition coefficient (Wildman–Crippen LogP) is 4.58. The van der Waals surface area contributed by atoms with Gasteiger partial charge in [0.15, 0.2) is 0 Å². The van der Waals surface area contributed by atoms with Crippen molar-refractivity contribution in [1.82, 2.24) is 10.2 Å². The molecular weight excluding hydrogens is 311 g/mol. The van der Waals surface area contributed by atoms with Crippen LogP contribution in [0.2, 0.25) is 0 Å². The summed E-state index contributed by atoms with van der Waals surface area (Å²) in [5, 5.41) is 3.12. The zero-order chi connectivity index (χ0) is 16.4. The van der Waals surface area contributed by atoms with E-state index in [9.17, 15) is 9.18 Å². The van der Waals surface area contributed by atoms with Crippen molar-refractivity contribution in [2.75, 3.05) is 12.8 Å². The van der Waals surface area contributed by atoms with Crippen LogP contribution in [0.1, 0.15) is 50.6 Å². The quantitative estimate of drug-likeness (QED) is 0.857. The number of halogens is 1. The molecule has 3 atom stereocenters. The second-order valence-electron chi connectivity index (χ2n) is 6.83. The molecule has 23 heavy (non-hydrogen) atoms. The lowest BCUT2D eigenvalue weighted by atomic mass is 9.86. The Bertz CT molecular complexity index is 580. The zero-order valence-electron chi connectivity index (χ0n) is 13.8. The lowest BCUT2D eigenvalue weighted by Crippen LogP contribution is -2.46. The van der Waals surface area contributed by atoms with Crippen LogP contribution in [0.5, 0.6) is 0 Å². The standard InChI is InChI=1S/C18H25FN2OS/c1-12-5-3-6-13(11-12)21(2)18(22)20-16-9-10-23-17-14(16)7-4-8-15(17)19/h4,7-8,12-13,16H,3,5-6,9-11H2,1-2H3,(H,20,22). The van der Waals surface area contributed by atoms with E-state index < -0.39 is 0 Å². The molecule has 3 nitrogen and oxygen atoms in total. The monoisotopic (exact) mass is 336 g/mol. The van der Waals surface area contributed by atoms with Crippen LogP contribution in [-0.2, 0) is 0 Å². The van der Waals surface area contributed by atoms with Crippen LogP contribution in [0.4, 0.5) is 9.18 Å². The summed E-state index contributed by atoms with van der Waals surface area (Å²) < 4.78 is 13.9. The van der Waals surface area contributed by atoms with Gasteiger partial charge in [0.25, 0.3) is 0 Å². The Balaban J connectivity index is 1.68. The van der Waals surface area contributed by atoms with E-state index in [1.807, 2.05) is 18.0 Å². The zero-order valence-corrected chi connectivity index (χ0v) is 14.7. The summed E-state index contributed by atoms with van der Waals surface area (Å²) in [6, 6.07) is 5.35. The van der Waals surface area contributed by atoms with Crippen molar-refractivity contribution in [3.63, 3.8) is 0 Å². The Morgan fingerprint density at radius 1 is 1.35 bits per heavy atom. The number of carbonyl (C=O) groups is 1. The number of fused-ring (bicyclic) bond motifs is 1. The van der Waals surface area contributed by atoms with Crippen molar-refractivity contribution in [1.29, 1.82) is 0 Å². The van der Waals surface area contributed by atoms with E-state index in [0.717, 1.165) is 30.6 Å². The highest BCUT2D eigenvalue weighted by atomic mass is 32.2. The van der Waals surface area contributed by atoms with Crippen LogP contribution >= 0.6 is 11.8 Å². The molecule has 1 aliphatic heterocycles. The van der Waals surface area contributed by atoms with Crippen LogP contribution in [0.3, 0.4) is 0 Å². The van der Waals surface area contributed by atoms with Gasteiger partial charge in [0.1, 0.15) is 5.82 Å². The number of benzene rings is 1. The molecule has 1 aliphatic carbocycles. The molecule has 0 spiro atoms. The SMILES string of the molecule is CC1CCCC(N(C)C(=O)NC2CCSc3c(F)cccc32)C1. The molecule has 1 aromatic carbocycles. The normalized spacial score (nSPS) is 27.2. The number of thioether (sulfide) groups is 1. The first kappa shape index (κ1) is 16.6. The number of hydrogen-bond acceptors (Lipinski definition) is 2. The molecule has 3 rings (SSSR count). The summed E-state index contributed by atoms with van der Waals surface area (Å²) in [6.07, 6.45) is 5.47. The minimum Gasteiger partial charge on any atom is -0.331 e. The maximum absolute atomic E-state index is 13.9. The van der Waals surface area contributed by atoms with Crippen LogP contribution in [-0.4, -0.2) is 29.8 Å². The van der Waals surface area contributed by atoms with E-state index in [-0.39, 0.29) is 17.9 Å². The summed E-state index contributed by atoms with van der Waals surface area (Å²) in [6.45, 7) is 2.26. The number of urea groups is 1. The molecule has 2 aliphatic rings. The molecule has 1 N–H and O–H groups in total. The second-order valence-corrected chi connectivity index (χ2v) is 7.94. The van der Waals surface area contributed by atoms with Crippen molar-refractivity contribution in [2.24, 2.45) is 5.92 Å². The van der Waals surface area contributed by atoms with E-state index in [0.29, 0.717) is 16.9 Å². The molecule has 0 saturated heterocycles. The number of amides is 2. The summed E-state index contributed by atoms with van der Waals surface area (Å²) in [7, 11) is 1.89. The first-order chi connectivity index (χ1) is 11.1. The topological polar surface area (TPSA) is 32.3 Å². The number of carbonyl (C=O) groups excluding carboxylic acids is 1. The van der Waals surface area contributed by atoms with Gasteiger partial charge in [0, 0.05) is 23.7 Å². The van der Waals surface area contributed by atoms with Crippen molar-refractivity contribution in [2.45, 2.75) is 56.0 Å². The van der Waals surface area contributed by atoms with Gasteiger partial charge in [-0.1, -0.05) is 31.9 Å². The second kappa shape index (κ2) is 7.12.